The zero-order valence-corrected chi connectivity index (χ0v) is 30.3. The van der Waals surface area contributed by atoms with Crippen LogP contribution in [-0.2, 0) is 0 Å². The second-order valence-corrected chi connectivity index (χ2v) is 15.8. The van der Waals surface area contributed by atoms with E-state index >= 15 is 0 Å². The van der Waals surface area contributed by atoms with E-state index in [-0.39, 0.29) is 0 Å². The molecule has 0 amide bonds. The van der Waals surface area contributed by atoms with E-state index in [9.17, 15) is 0 Å². The van der Waals surface area contributed by atoms with Gasteiger partial charge in [0.2, 0.25) is 0 Å². The average molecular weight is 703 g/mol. The highest BCUT2D eigenvalue weighted by Crippen LogP contribution is 2.56. The van der Waals surface area contributed by atoms with Gasteiger partial charge in [0.05, 0.1) is 0 Å². The van der Waals surface area contributed by atoms with E-state index < -0.39 is 0 Å². The van der Waals surface area contributed by atoms with Crippen LogP contribution in [0, 0.1) is 0 Å². The predicted molar refractivity (Wildman–Crippen MR) is 238 cm³/mol. The molecule has 0 aliphatic heterocycles. The second kappa shape index (κ2) is 10.3. The van der Waals surface area contributed by atoms with Gasteiger partial charge in [0.15, 0.2) is 0 Å². The SMILES string of the molecule is c1ccc2c3c(ccc2c1)-c1ccc(-c2ccc4c(c2)-c2cccc5c(-c6ccc7c8c(cccc68)-c6c-7ccc7ccccc67)ccc-4c25)c2cccc-3c12. The maximum Gasteiger partial charge on any atom is -0.00199 e. The summed E-state index contributed by atoms with van der Waals surface area (Å²) < 4.78 is 0. The Labute approximate surface area is 323 Å². The summed E-state index contributed by atoms with van der Waals surface area (Å²) in [6.45, 7) is 0. The van der Waals surface area contributed by atoms with E-state index in [4.69, 9.17) is 0 Å². The maximum atomic E-state index is 2.45. The lowest BCUT2D eigenvalue weighted by molar-refractivity contribution is 1.65. The number of benzene rings is 11. The predicted octanol–water partition coefficient (Wildman–Crippen LogP) is 15.7. The molecule has 0 bridgehead atoms. The van der Waals surface area contributed by atoms with Crippen LogP contribution in [0.3, 0.4) is 0 Å². The van der Waals surface area contributed by atoms with Crippen LogP contribution < -0.4 is 0 Å². The molecule has 0 saturated heterocycles. The number of hydrogen-bond donors (Lipinski definition) is 0. The minimum Gasteiger partial charge on any atom is -0.0616 e. The maximum absolute atomic E-state index is 2.45. The fourth-order valence-electron chi connectivity index (χ4n) is 11.0. The molecule has 0 heterocycles. The molecule has 11 aromatic carbocycles. The van der Waals surface area contributed by atoms with Gasteiger partial charge < -0.3 is 0 Å². The molecular weight excluding hydrogens is 673 g/mol. The Morgan fingerprint density at radius 1 is 0.196 bits per heavy atom. The van der Waals surface area contributed by atoms with Gasteiger partial charge in [-0.2, -0.15) is 0 Å². The molecule has 14 rings (SSSR count). The first-order valence-corrected chi connectivity index (χ1v) is 19.7. The molecule has 0 aromatic heterocycles. The van der Waals surface area contributed by atoms with Gasteiger partial charge in [-0.1, -0.05) is 176 Å². The first-order chi connectivity index (χ1) is 27.8. The number of rotatable bonds is 2. The van der Waals surface area contributed by atoms with Crippen LogP contribution in [0.2, 0.25) is 0 Å². The lowest BCUT2D eigenvalue weighted by Crippen LogP contribution is -1.86. The van der Waals surface area contributed by atoms with Gasteiger partial charge in [-0.15, -0.1) is 0 Å². The van der Waals surface area contributed by atoms with Gasteiger partial charge >= 0.3 is 0 Å². The molecule has 0 heteroatoms. The summed E-state index contributed by atoms with van der Waals surface area (Å²) >= 11 is 0. The van der Waals surface area contributed by atoms with Crippen molar-refractivity contribution in [3.8, 4) is 89.0 Å². The molecule has 11 aromatic rings. The van der Waals surface area contributed by atoms with E-state index in [1.54, 1.807) is 0 Å². The molecule has 0 fully saturated rings. The molecule has 56 heavy (non-hydrogen) atoms. The molecule has 3 aliphatic rings. The lowest BCUT2D eigenvalue weighted by Gasteiger charge is -2.13. The summed E-state index contributed by atoms with van der Waals surface area (Å²) in [6.07, 6.45) is 0. The van der Waals surface area contributed by atoms with Crippen LogP contribution in [0.1, 0.15) is 0 Å². The van der Waals surface area contributed by atoms with Crippen LogP contribution in [0.15, 0.2) is 182 Å². The molecule has 0 radical (unpaired) electrons. The van der Waals surface area contributed by atoms with Gasteiger partial charge in [0, 0.05) is 0 Å². The molecule has 0 unspecified atom stereocenters. The third-order valence-corrected chi connectivity index (χ3v) is 13.3. The van der Waals surface area contributed by atoms with Gasteiger partial charge in [-0.25, -0.2) is 0 Å². The molecule has 0 nitrogen and oxygen atoms in total. The zero-order chi connectivity index (χ0) is 36.2. The summed E-state index contributed by atoms with van der Waals surface area (Å²) in [7, 11) is 0. The highest BCUT2D eigenvalue weighted by atomic mass is 14.3. The molecule has 0 spiro atoms. The van der Waals surface area contributed by atoms with Gasteiger partial charge in [-0.05, 0) is 149 Å². The summed E-state index contributed by atoms with van der Waals surface area (Å²) in [6, 6.07) is 68.8. The highest BCUT2D eigenvalue weighted by Gasteiger charge is 2.28. The average Bonchev–Trinajstić information content (AvgIpc) is 3.89. The molecular formula is C56H30. The Hall–Kier alpha value is -7.28. The molecule has 254 valence electrons. The van der Waals surface area contributed by atoms with E-state index in [0.29, 0.717) is 0 Å². The summed E-state index contributed by atoms with van der Waals surface area (Å²) in [5.41, 5.74) is 21.2. The first-order valence-electron chi connectivity index (χ1n) is 19.7. The van der Waals surface area contributed by atoms with Crippen molar-refractivity contribution in [3.05, 3.63) is 182 Å². The minimum absolute atomic E-state index is 1.26. The third kappa shape index (κ3) is 3.51. The van der Waals surface area contributed by atoms with Crippen LogP contribution in [0.25, 0.3) is 143 Å². The van der Waals surface area contributed by atoms with Gasteiger partial charge in [0.25, 0.3) is 0 Å². The fraction of sp³-hybridized carbons (Fsp3) is 0. The van der Waals surface area contributed by atoms with Crippen molar-refractivity contribution in [2.45, 2.75) is 0 Å². The zero-order valence-electron chi connectivity index (χ0n) is 30.3. The van der Waals surface area contributed by atoms with Crippen molar-refractivity contribution in [2.75, 3.05) is 0 Å². The van der Waals surface area contributed by atoms with E-state index in [1.165, 1.54) is 143 Å². The van der Waals surface area contributed by atoms with E-state index in [0.717, 1.165) is 0 Å². The molecule has 0 saturated carbocycles. The monoisotopic (exact) mass is 702 g/mol. The van der Waals surface area contributed by atoms with Crippen LogP contribution in [0.4, 0.5) is 0 Å². The Balaban J connectivity index is 0.933. The van der Waals surface area contributed by atoms with Crippen molar-refractivity contribution in [1.29, 1.82) is 0 Å². The Morgan fingerprint density at radius 3 is 1.18 bits per heavy atom. The standard InChI is InChI=1S/C56H30/c1-3-10-35-31(8-1)18-22-45-47-27-24-34(40-12-6-16-49(52(35)45)55(40)47)33-20-21-39-44-28-25-37(41-13-5-15-43(54(41)44)51(39)30-33)38-26-29-48-46-23-19-32-9-2-4-11-36(32)53(46)50-17-7-14-42(38)56(48)50/h1-30H. The fourth-order valence-corrected chi connectivity index (χ4v) is 11.0. The number of hydrogen-bond acceptors (Lipinski definition) is 0. The smallest absolute Gasteiger partial charge is 0.00199 e. The molecule has 3 aliphatic carbocycles. The van der Waals surface area contributed by atoms with Crippen molar-refractivity contribution < 1.29 is 0 Å². The van der Waals surface area contributed by atoms with Gasteiger partial charge in [0.1, 0.15) is 0 Å². The third-order valence-electron chi connectivity index (χ3n) is 13.3. The topological polar surface area (TPSA) is 0 Å². The summed E-state index contributed by atoms with van der Waals surface area (Å²) in [4.78, 5) is 0. The van der Waals surface area contributed by atoms with Crippen molar-refractivity contribution >= 4 is 53.9 Å². The van der Waals surface area contributed by atoms with Crippen LogP contribution in [-0.4, -0.2) is 0 Å². The Kier molecular flexibility index (Phi) is 5.34. The van der Waals surface area contributed by atoms with Crippen molar-refractivity contribution in [2.24, 2.45) is 0 Å². The van der Waals surface area contributed by atoms with E-state index in [2.05, 4.69) is 182 Å². The molecule has 0 atom stereocenters. The van der Waals surface area contributed by atoms with Gasteiger partial charge in [-0.3, -0.25) is 0 Å². The summed E-state index contributed by atoms with van der Waals surface area (Å²) in [5, 5.41) is 13.3. The quantitative estimate of drug-likeness (QED) is 0.168. The lowest BCUT2D eigenvalue weighted by atomic mass is 9.90. The first kappa shape index (κ1) is 29.1. The number of fused-ring (bicyclic) bond motifs is 13. The normalized spacial score (nSPS) is 12.6. The Morgan fingerprint density at radius 2 is 0.589 bits per heavy atom. The Bertz CT molecular complexity index is 3630. The van der Waals surface area contributed by atoms with Crippen LogP contribution >= 0.6 is 0 Å². The second-order valence-electron chi connectivity index (χ2n) is 15.8. The highest BCUT2D eigenvalue weighted by molar-refractivity contribution is 6.27. The molecule has 0 N–H and O–H groups in total. The van der Waals surface area contributed by atoms with E-state index in [1.807, 2.05) is 0 Å². The minimum atomic E-state index is 1.26. The van der Waals surface area contributed by atoms with Crippen molar-refractivity contribution in [1.82, 2.24) is 0 Å². The summed E-state index contributed by atoms with van der Waals surface area (Å²) in [5.74, 6) is 0. The van der Waals surface area contributed by atoms with Crippen molar-refractivity contribution in [3.63, 3.8) is 0 Å². The largest absolute Gasteiger partial charge is 0.0616 e. The van der Waals surface area contributed by atoms with Crippen LogP contribution in [0.5, 0.6) is 0 Å².